The van der Waals surface area contributed by atoms with E-state index in [1.165, 1.54) is 12.1 Å². The molecule has 6 nitrogen and oxygen atoms in total. The molecule has 0 unspecified atom stereocenters. The first-order valence-electron chi connectivity index (χ1n) is 9.32. The van der Waals surface area contributed by atoms with Crippen LogP contribution in [0.4, 0.5) is 9.18 Å². The number of amides is 2. The molecule has 1 saturated carbocycles. The molecule has 1 aliphatic rings. The lowest BCUT2D eigenvalue weighted by Gasteiger charge is -2.34. The van der Waals surface area contributed by atoms with E-state index in [2.05, 4.69) is 20.8 Å². The molecule has 3 aromatic rings. The van der Waals surface area contributed by atoms with E-state index in [1.54, 1.807) is 23.5 Å². The second kappa shape index (κ2) is 8.10. The Labute approximate surface area is 166 Å². The van der Waals surface area contributed by atoms with Crippen LogP contribution in [0.15, 0.2) is 45.6 Å². The summed E-state index contributed by atoms with van der Waals surface area (Å²) in [5.41, 5.74) is 0.929. The fourth-order valence-electron chi connectivity index (χ4n) is 3.57. The third kappa shape index (κ3) is 4.06. The summed E-state index contributed by atoms with van der Waals surface area (Å²) in [4.78, 5) is 17.1. The number of carbonyl (C=O) groups is 1. The number of hydrogen-bond donors (Lipinski definition) is 2. The number of carbonyl (C=O) groups excluding carboxylic acids is 1. The number of urea groups is 1. The molecule has 4 rings (SSSR count). The molecule has 2 aromatic heterocycles. The average Bonchev–Trinajstić information content (AvgIpc) is 3.39. The highest BCUT2D eigenvalue weighted by molar-refractivity contribution is 7.08. The normalized spacial score (nSPS) is 15.9. The Kier molecular flexibility index (Phi) is 5.38. The zero-order valence-electron chi connectivity index (χ0n) is 15.3. The lowest BCUT2D eigenvalue weighted by atomic mass is 9.81. The molecule has 0 atom stereocenters. The van der Waals surface area contributed by atoms with Crippen LogP contribution in [0.3, 0.4) is 0 Å². The zero-order chi connectivity index (χ0) is 19.4. The van der Waals surface area contributed by atoms with E-state index in [0.29, 0.717) is 17.3 Å². The molecule has 2 heterocycles. The molecule has 0 aliphatic heterocycles. The number of hydrogen-bond acceptors (Lipinski definition) is 5. The van der Waals surface area contributed by atoms with Gasteiger partial charge in [-0.2, -0.15) is 16.3 Å². The maximum atomic E-state index is 13.3. The zero-order valence-corrected chi connectivity index (χ0v) is 16.1. The molecule has 0 radical (unpaired) electrons. The van der Waals surface area contributed by atoms with Crippen LogP contribution >= 0.6 is 11.3 Å². The Hall–Kier alpha value is -2.74. The summed E-state index contributed by atoms with van der Waals surface area (Å²) in [7, 11) is 0. The van der Waals surface area contributed by atoms with Gasteiger partial charge in [0.25, 0.3) is 5.89 Å². The van der Waals surface area contributed by atoms with Gasteiger partial charge in [-0.15, -0.1) is 0 Å². The van der Waals surface area contributed by atoms with Gasteiger partial charge in [0.15, 0.2) is 0 Å². The van der Waals surface area contributed by atoms with Crippen LogP contribution in [0.1, 0.15) is 43.6 Å². The van der Waals surface area contributed by atoms with Gasteiger partial charge in [-0.05, 0) is 42.0 Å². The Morgan fingerprint density at radius 2 is 2.11 bits per heavy atom. The monoisotopic (exact) mass is 400 g/mol. The molecule has 2 N–H and O–H groups in total. The van der Waals surface area contributed by atoms with Crippen molar-refractivity contribution in [3.8, 4) is 11.4 Å². The fraction of sp³-hybridized carbons (Fsp3) is 0.350. The van der Waals surface area contributed by atoms with Crippen LogP contribution in [-0.4, -0.2) is 16.2 Å². The molecule has 8 heteroatoms. The molecule has 0 spiro atoms. The largest absolute Gasteiger partial charge is 0.336 e. The lowest BCUT2D eigenvalue weighted by Crippen LogP contribution is -2.51. The van der Waals surface area contributed by atoms with Gasteiger partial charge in [0.05, 0.1) is 0 Å². The maximum absolute atomic E-state index is 13.3. The van der Waals surface area contributed by atoms with Crippen molar-refractivity contribution in [1.82, 2.24) is 20.8 Å². The molecule has 0 bridgehead atoms. The molecule has 1 aromatic carbocycles. The highest BCUT2D eigenvalue weighted by Gasteiger charge is 2.40. The SMILES string of the molecule is O=C(NCc1cccc(F)c1)NC1(c2nc(-c3ccsc3)no2)CCCCC1. The first-order valence-corrected chi connectivity index (χ1v) is 10.3. The Balaban J connectivity index is 1.48. The van der Waals surface area contributed by atoms with Crippen molar-refractivity contribution in [1.29, 1.82) is 0 Å². The van der Waals surface area contributed by atoms with Crippen molar-refractivity contribution in [3.05, 3.63) is 58.4 Å². The number of halogens is 1. The minimum Gasteiger partial charge on any atom is -0.336 e. The average molecular weight is 400 g/mol. The second-order valence-corrected chi connectivity index (χ2v) is 7.80. The Morgan fingerprint density at radius 1 is 1.25 bits per heavy atom. The van der Waals surface area contributed by atoms with Gasteiger partial charge in [0.2, 0.25) is 5.82 Å². The number of benzene rings is 1. The topological polar surface area (TPSA) is 80.0 Å². The maximum Gasteiger partial charge on any atom is 0.315 e. The molecular formula is C20H21FN4O2S. The summed E-state index contributed by atoms with van der Waals surface area (Å²) in [5.74, 6) is 0.646. The second-order valence-electron chi connectivity index (χ2n) is 7.02. The molecule has 146 valence electrons. The number of rotatable bonds is 5. The third-order valence-corrected chi connectivity index (χ3v) is 5.70. The van der Waals surface area contributed by atoms with Crippen LogP contribution < -0.4 is 10.6 Å². The van der Waals surface area contributed by atoms with E-state index in [0.717, 1.165) is 37.7 Å². The Bertz CT molecular complexity index is 935. The predicted molar refractivity (Wildman–Crippen MR) is 104 cm³/mol. The molecular weight excluding hydrogens is 379 g/mol. The van der Waals surface area contributed by atoms with Crippen molar-refractivity contribution in [2.24, 2.45) is 0 Å². The van der Waals surface area contributed by atoms with Crippen molar-refractivity contribution in [2.45, 2.75) is 44.2 Å². The lowest BCUT2D eigenvalue weighted by molar-refractivity contribution is 0.167. The van der Waals surface area contributed by atoms with Gasteiger partial charge >= 0.3 is 6.03 Å². The smallest absolute Gasteiger partial charge is 0.315 e. The minimum absolute atomic E-state index is 0.240. The van der Waals surface area contributed by atoms with Gasteiger partial charge in [-0.25, -0.2) is 9.18 Å². The minimum atomic E-state index is -0.675. The highest BCUT2D eigenvalue weighted by atomic mass is 32.1. The molecule has 28 heavy (non-hydrogen) atoms. The first kappa shape index (κ1) is 18.6. The first-order chi connectivity index (χ1) is 13.6. The van der Waals surface area contributed by atoms with Crippen molar-refractivity contribution in [2.75, 3.05) is 0 Å². The van der Waals surface area contributed by atoms with E-state index in [4.69, 9.17) is 4.52 Å². The molecule has 1 fully saturated rings. The van der Waals surface area contributed by atoms with E-state index >= 15 is 0 Å². The predicted octanol–water partition coefficient (Wildman–Crippen LogP) is 4.60. The van der Waals surface area contributed by atoms with Crippen LogP contribution in [0.5, 0.6) is 0 Å². The van der Waals surface area contributed by atoms with Gasteiger partial charge in [-0.1, -0.05) is 36.6 Å². The Morgan fingerprint density at radius 3 is 2.86 bits per heavy atom. The van der Waals surface area contributed by atoms with E-state index in [-0.39, 0.29) is 18.4 Å². The van der Waals surface area contributed by atoms with Crippen molar-refractivity contribution < 1.29 is 13.7 Å². The van der Waals surface area contributed by atoms with Crippen LogP contribution in [0.2, 0.25) is 0 Å². The van der Waals surface area contributed by atoms with Crippen LogP contribution in [0, 0.1) is 5.82 Å². The summed E-state index contributed by atoms with van der Waals surface area (Å²) in [6.45, 7) is 0.240. The summed E-state index contributed by atoms with van der Waals surface area (Å²) in [5, 5.41) is 13.9. The third-order valence-electron chi connectivity index (χ3n) is 5.02. The number of thiophene rings is 1. The van der Waals surface area contributed by atoms with Gasteiger partial charge in [0, 0.05) is 17.5 Å². The van der Waals surface area contributed by atoms with E-state index < -0.39 is 5.54 Å². The summed E-state index contributed by atoms with van der Waals surface area (Å²) in [6, 6.07) is 7.78. The van der Waals surface area contributed by atoms with E-state index in [1.807, 2.05) is 16.8 Å². The molecule has 0 saturated heterocycles. The summed E-state index contributed by atoms with van der Waals surface area (Å²) < 4.78 is 18.9. The molecule has 1 aliphatic carbocycles. The highest BCUT2D eigenvalue weighted by Crippen LogP contribution is 2.37. The van der Waals surface area contributed by atoms with Crippen LogP contribution in [0.25, 0.3) is 11.4 Å². The summed E-state index contributed by atoms with van der Waals surface area (Å²) >= 11 is 1.57. The molecule has 2 amide bonds. The quantitative estimate of drug-likeness (QED) is 0.656. The van der Waals surface area contributed by atoms with Gasteiger partial charge in [-0.3, -0.25) is 0 Å². The van der Waals surface area contributed by atoms with Crippen LogP contribution in [-0.2, 0) is 12.1 Å². The van der Waals surface area contributed by atoms with Gasteiger partial charge < -0.3 is 15.2 Å². The number of aromatic nitrogens is 2. The van der Waals surface area contributed by atoms with E-state index in [9.17, 15) is 9.18 Å². The standard InChI is InChI=1S/C20H21FN4O2S/c21-16-6-4-5-14(11-16)12-22-19(26)24-20(8-2-1-3-9-20)18-23-17(25-27-18)15-7-10-28-13-15/h4-7,10-11,13H,1-3,8-9,12H2,(H2,22,24,26). The van der Waals surface area contributed by atoms with Crippen molar-refractivity contribution in [3.63, 3.8) is 0 Å². The number of nitrogens with zero attached hydrogens (tertiary/aromatic N) is 2. The van der Waals surface area contributed by atoms with Gasteiger partial charge in [0.1, 0.15) is 11.4 Å². The van der Waals surface area contributed by atoms with Crippen molar-refractivity contribution >= 4 is 17.4 Å². The number of nitrogens with one attached hydrogen (secondary N) is 2. The fourth-order valence-corrected chi connectivity index (χ4v) is 4.20. The summed E-state index contributed by atoms with van der Waals surface area (Å²) in [6.07, 6.45) is 4.54.